The van der Waals surface area contributed by atoms with E-state index in [0.29, 0.717) is 15.1 Å². The number of aliphatic imine (C=N–C) groups is 1. The summed E-state index contributed by atoms with van der Waals surface area (Å²) in [6.07, 6.45) is 7.91. The molecule has 1 fully saturated rings. The quantitative estimate of drug-likeness (QED) is 0.666. The first-order chi connectivity index (χ1) is 13.6. The number of fused-ring (bicyclic) bond motifs is 6. The van der Waals surface area contributed by atoms with Crippen molar-refractivity contribution >= 4 is 38.1 Å². The molecule has 7 nitrogen and oxygen atoms in total. The largest absolute Gasteiger partial charge is 0.445 e. The third-order valence-corrected chi connectivity index (χ3v) is 6.68. The standard InChI is InChI=1S/C20H25N5O2Si/c1-13-4-2-3-5-14-10-15(8-9-21-14)23-18-12-19(25-24-18)28-17-7-6-16(11-17)27-20(26)22-13/h8-10,12,16-17H,2-7,11H2,1H3,(H2,23,24,25)/b22-13+. The Morgan fingerprint density at radius 1 is 1.21 bits per heavy atom. The van der Waals surface area contributed by atoms with Gasteiger partial charge >= 0.3 is 6.09 Å². The number of carbonyl (C=O) groups is 1. The Kier molecular flexibility index (Phi) is 5.85. The minimum atomic E-state index is -0.438. The van der Waals surface area contributed by atoms with Crippen molar-refractivity contribution in [1.82, 2.24) is 15.2 Å². The lowest BCUT2D eigenvalue weighted by Gasteiger charge is -2.10. The zero-order chi connectivity index (χ0) is 19.3. The molecule has 2 radical (unpaired) electrons. The Morgan fingerprint density at radius 2 is 2.11 bits per heavy atom. The van der Waals surface area contributed by atoms with Crippen molar-refractivity contribution in [2.75, 3.05) is 5.32 Å². The molecule has 2 aliphatic rings. The zero-order valence-electron chi connectivity index (χ0n) is 16.1. The highest BCUT2D eigenvalue weighted by Gasteiger charge is 2.28. The molecule has 146 valence electrons. The van der Waals surface area contributed by atoms with Gasteiger partial charge in [-0.25, -0.2) is 4.79 Å². The normalized spacial score (nSPS) is 25.5. The van der Waals surface area contributed by atoms with E-state index in [1.54, 1.807) is 0 Å². The van der Waals surface area contributed by atoms with Gasteiger partial charge in [-0.15, -0.1) is 0 Å². The summed E-state index contributed by atoms with van der Waals surface area (Å²) in [6.45, 7) is 1.90. The Labute approximate surface area is 167 Å². The summed E-state index contributed by atoms with van der Waals surface area (Å²) in [5.41, 5.74) is 3.41. The van der Waals surface area contributed by atoms with Crippen LogP contribution in [-0.2, 0) is 11.2 Å². The lowest BCUT2D eigenvalue weighted by atomic mass is 10.1. The summed E-state index contributed by atoms with van der Waals surface area (Å²) in [5.74, 6) is 0.822. The summed E-state index contributed by atoms with van der Waals surface area (Å²) in [6, 6.07) is 6.11. The molecule has 0 spiro atoms. The van der Waals surface area contributed by atoms with Crippen LogP contribution in [-0.4, -0.2) is 42.6 Å². The molecule has 0 aromatic carbocycles. The number of anilines is 2. The van der Waals surface area contributed by atoms with Crippen LogP contribution in [0.1, 0.15) is 51.1 Å². The highest BCUT2D eigenvalue weighted by Crippen LogP contribution is 2.32. The van der Waals surface area contributed by atoms with Crippen LogP contribution in [0.25, 0.3) is 0 Å². The van der Waals surface area contributed by atoms with Crippen molar-refractivity contribution in [3.05, 3.63) is 30.1 Å². The van der Waals surface area contributed by atoms with E-state index >= 15 is 0 Å². The number of rotatable bonds is 0. The summed E-state index contributed by atoms with van der Waals surface area (Å²) in [7, 11) is 0.628. The van der Waals surface area contributed by atoms with Crippen LogP contribution in [0.15, 0.2) is 29.4 Å². The summed E-state index contributed by atoms with van der Waals surface area (Å²) in [5, 5.41) is 12.0. The van der Waals surface area contributed by atoms with Gasteiger partial charge in [-0.3, -0.25) is 10.1 Å². The number of nitrogens with zero attached hydrogens (tertiary/aromatic N) is 3. The van der Waals surface area contributed by atoms with Gasteiger partial charge in [0, 0.05) is 28.6 Å². The van der Waals surface area contributed by atoms with Crippen molar-refractivity contribution in [1.29, 1.82) is 0 Å². The fraction of sp³-hybridized carbons (Fsp3) is 0.500. The van der Waals surface area contributed by atoms with Gasteiger partial charge in [0.05, 0.1) is 0 Å². The van der Waals surface area contributed by atoms with Gasteiger partial charge in [0.1, 0.15) is 15.6 Å². The zero-order valence-corrected chi connectivity index (χ0v) is 17.1. The maximum absolute atomic E-state index is 12.1. The van der Waals surface area contributed by atoms with Gasteiger partial charge in [-0.2, -0.15) is 10.1 Å². The topological polar surface area (TPSA) is 92.3 Å². The highest BCUT2D eigenvalue weighted by atomic mass is 28.2. The molecule has 0 saturated heterocycles. The predicted octanol–water partition coefficient (Wildman–Crippen LogP) is 3.54. The first kappa shape index (κ1) is 18.9. The smallest absolute Gasteiger partial charge is 0.433 e. The second kappa shape index (κ2) is 8.68. The van der Waals surface area contributed by atoms with Gasteiger partial charge in [-0.05, 0) is 75.6 Å². The van der Waals surface area contributed by atoms with Crippen LogP contribution in [0, 0.1) is 0 Å². The molecular formula is C20H25N5O2Si. The van der Waals surface area contributed by atoms with Crippen LogP contribution in [0.3, 0.4) is 0 Å². The average Bonchev–Trinajstić information content (AvgIpc) is 3.28. The van der Waals surface area contributed by atoms with Gasteiger partial charge < -0.3 is 10.1 Å². The van der Waals surface area contributed by atoms with Gasteiger partial charge in [0.25, 0.3) is 0 Å². The molecule has 1 amide bonds. The second-order valence-electron chi connectivity index (χ2n) is 7.54. The van der Waals surface area contributed by atoms with Crippen LogP contribution >= 0.6 is 0 Å². The van der Waals surface area contributed by atoms with Gasteiger partial charge in [0.2, 0.25) is 0 Å². The molecule has 28 heavy (non-hydrogen) atoms. The molecule has 2 aromatic heterocycles. The van der Waals surface area contributed by atoms with Crippen molar-refractivity contribution in [3.63, 3.8) is 0 Å². The fourth-order valence-electron chi connectivity index (χ4n) is 3.77. The Morgan fingerprint density at radius 3 is 3.04 bits per heavy atom. The van der Waals surface area contributed by atoms with E-state index in [4.69, 9.17) is 4.74 Å². The number of pyridine rings is 1. The first-order valence-corrected chi connectivity index (χ1v) is 11.0. The van der Waals surface area contributed by atoms with Crippen molar-refractivity contribution in [2.45, 2.75) is 63.5 Å². The number of amides is 1. The molecule has 2 unspecified atom stereocenters. The summed E-state index contributed by atoms with van der Waals surface area (Å²) >= 11 is 0. The highest BCUT2D eigenvalue weighted by molar-refractivity contribution is 6.54. The fourth-order valence-corrected chi connectivity index (χ4v) is 5.24. The Bertz CT molecular complexity index is 866. The molecule has 8 heteroatoms. The summed E-state index contributed by atoms with van der Waals surface area (Å²) in [4.78, 5) is 20.7. The lowest BCUT2D eigenvalue weighted by Crippen LogP contribution is -2.20. The molecular weight excluding hydrogens is 370 g/mol. The number of hydrogen-bond donors (Lipinski definition) is 2. The Hall–Kier alpha value is -2.48. The van der Waals surface area contributed by atoms with E-state index in [2.05, 4.69) is 37.6 Å². The number of nitrogens with one attached hydrogen (secondary N) is 2. The van der Waals surface area contributed by atoms with Crippen LogP contribution in [0.5, 0.6) is 0 Å². The molecule has 6 bridgehead atoms. The van der Waals surface area contributed by atoms with E-state index in [1.165, 1.54) is 0 Å². The van der Waals surface area contributed by atoms with Gasteiger partial charge in [-0.1, -0.05) is 0 Å². The molecule has 3 heterocycles. The minimum Gasteiger partial charge on any atom is -0.445 e. The maximum Gasteiger partial charge on any atom is 0.433 e. The third kappa shape index (κ3) is 5.07. The summed E-state index contributed by atoms with van der Waals surface area (Å²) < 4.78 is 5.57. The van der Waals surface area contributed by atoms with Crippen LogP contribution in [0.2, 0.25) is 5.54 Å². The number of ether oxygens (including phenoxy) is 1. The van der Waals surface area contributed by atoms with Crippen molar-refractivity contribution in [3.8, 4) is 0 Å². The van der Waals surface area contributed by atoms with Crippen molar-refractivity contribution < 1.29 is 9.53 Å². The number of hydrogen-bond acceptors (Lipinski definition) is 5. The number of aromatic amines is 1. The molecule has 1 aliphatic carbocycles. The average molecular weight is 396 g/mol. The van der Waals surface area contributed by atoms with E-state index in [-0.39, 0.29) is 6.10 Å². The van der Waals surface area contributed by atoms with E-state index in [0.717, 1.165) is 73.2 Å². The Balaban J connectivity index is 1.51. The molecule has 2 aromatic rings. The number of aromatic nitrogens is 3. The molecule has 1 saturated carbocycles. The predicted molar refractivity (Wildman–Crippen MR) is 110 cm³/mol. The van der Waals surface area contributed by atoms with E-state index in [9.17, 15) is 4.79 Å². The molecule has 4 rings (SSSR count). The monoisotopic (exact) mass is 395 g/mol. The van der Waals surface area contributed by atoms with Gasteiger partial charge in [0.15, 0.2) is 5.82 Å². The molecule has 1 aliphatic heterocycles. The lowest BCUT2D eigenvalue weighted by molar-refractivity contribution is 0.110. The minimum absolute atomic E-state index is 0.0169. The van der Waals surface area contributed by atoms with Crippen LogP contribution < -0.4 is 10.6 Å². The maximum atomic E-state index is 12.1. The number of aryl methyl sites for hydroxylation is 1. The number of carbonyl (C=O) groups excluding carboxylic acids is 1. The van der Waals surface area contributed by atoms with E-state index in [1.807, 2.05) is 19.2 Å². The molecule has 2 atom stereocenters. The van der Waals surface area contributed by atoms with E-state index < -0.39 is 6.09 Å². The van der Waals surface area contributed by atoms with Crippen molar-refractivity contribution in [2.24, 2.45) is 4.99 Å². The first-order valence-electron chi connectivity index (χ1n) is 9.93. The SMILES string of the molecule is C/C1=N\C(=O)OC2CCC(C2)[Si]c2cc(n[nH]2)Nc2ccnc(c2)CCCC1. The second-order valence-corrected chi connectivity index (χ2v) is 9.19. The van der Waals surface area contributed by atoms with Crippen LogP contribution in [0.4, 0.5) is 16.3 Å². The number of H-pyrrole nitrogens is 1. The third-order valence-electron chi connectivity index (χ3n) is 5.18. The molecule has 2 N–H and O–H groups in total.